The molecule has 2 aromatic carbocycles. The first-order valence-electron chi connectivity index (χ1n) is 11.3. The molecule has 188 valence electrons. The molecule has 0 bridgehead atoms. The Morgan fingerprint density at radius 2 is 1.54 bits per heavy atom. The third kappa shape index (κ3) is 10.7. The van der Waals surface area contributed by atoms with Crippen LogP contribution < -0.4 is 10.6 Å². The Balaban J connectivity index is 2.01. The van der Waals surface area contributed by atoms with Gasteiger partial charge in [0.15, 0.2) is 0 Å². The molecule has 0 unspecified atom stereocenters. The van der Waals surface area contributed by atoms with Crippen molar-refractivity contribution in [2.24, 2.45) is 0 Å². The van der Waals surface area contributed by atoms with Crippen molar-refractivity contribution in [1.29, 1.82) is 0 Å². The fraction of sp³-hybridized carbons (Fsp3) is 0.385. The molecule has 2 amide bonds. The topological polar surface area (TPSA) is 120 Å². The molecule has 0 saturated heterocycles. The van der Waals surface area contributed by atoms with Crippen molar-refractivity contribution in [1.82, 2.24) is 5.32 Å². The average Bonchev–Trinajstić information content (AvgIpc) is 2.78. The quantitative estimate of drug-likeness (QED) is 0.299. The molecule has 2 rings (SSSR count). The third-order valence-electron chi connectivity index (χ3n) is 4.48. The highest BCUT2D eigenvalue weighted by atomic mass is 16.6. The van der Waals surface area contributed by atoms with Gasteiger partial charge in [-0.05, 0) is 51.0 Å². The van der Waals surface area contributed by atoms with Crippen molar-refractivity contribution in [3.8, 4) is 0 Å². The van der Waals surface area contributed by atoms with Crippen LogP contribution in [0.2, 0.25) is 0 Å². The Morgan fingerprint density at radius 3 is 2.14 bits per heavy atom. The van der Waals surface area contributed by atoms with Crippen LogP contribution in [0.4, 0.5) is 10.5 Å². The first-order valence-corrected chi connectivity index (χ1v) is 11.3. The lowest BCUT2D eigenvalue weighted by Crippen LogP contribution is -2.45. The zero-order chi connectivity index (χ0) is 25.8. The van der Waals surface area contributed by atoms with Gasteiger partial charge in [-0.2, -0.15) is 0 Å². The molecule has 1 atom stereocenters. The second-order valence-corrected chi connectivity index (χ2v) is 8.72. The highest BCUT2D eigenvalue weighted by molar-refractivity contribution is 6.01. The molecular weight excluding hydrogens is 452 g/mol. The molecule has 0 aliphatic carbocycles. The molecule has 0 saturated carbocycles. The molecule has 9 heteroatoms. The summed E-state index contributed by atoms with van der Waals surface area (Å²) in [5.74, 6) is -1.70. The van der Waals surface area contributed by atoms with E-state index in [0.717, 1.165) is 5.56 Å². The maximum Gasteiger partial charge on any atom is 0.408 e. The van der Waals surface area contributed by atoms with Crippen LogP contribution in [-0.2, 0) is 41.6 Å². The van der Waals surface area contributed by atoms with E-state index in [4.69, 9.17) is 14.2 Å². The fourth-order valence-corrected chi connectivity index (χ4v) is 2.98. The van der Waals surface area contributed by atoms with Crippen molar-refractivity contribution >= 4 is 29.6 Å². The Bertz CT molecular complexity index is 999. The summed E-state index contributed by atoms with van der Waals surface area (Å²) in [5, 5.41) is 5.19. The van der Waals surface area contributed by atoms with E-state index in [1.807, 2.05) is 30.3 Å². The van der Waals surface area contributed by atoms with Crippen molar-refractivity contribution in [2.45, 2.75) is 58.8 Å². The molecule has 0 spiro atoms. The Morgan fingerprint density at radius 1 is 0.886 bits per heavy atom. The zero-order valence-corrected chi connectivity index (χ0v) is 20.5. The van der Waals surface area contributed by atoms with Crippen molar-refractivity contribution in [2.75, 3.05) is 11.9 Å². The molecule has 0 aliphatic heterocycles. The van der Waals surface area contributed by atoms with Crippen LogP contribution in [0.15, 0.2) is 54.6 Å². The van der Waals surface area contributed by atoms with E-state index in [2.05, 4.69) is 10.6 Å². The summed E-state index contributed by atoms with van der Waals surface area (Å²) in [4.78, 5) is 48.5. The molecular formula is C26H32N2O7. The lowest BCUT2D eigenvalue weighted by Gasteiger charge is -2.24. The Kier molecular flexibility index (Phi) is 10.3. The van der Waals surface area contributed by atoms with Gasteiger partial charge in [-0.25, -0.2) is 9.59 Å². The van der Waals surface area contributed by atoms with Gasteiger partial charge in [-0.3, -0.25) is 9.59 Å². The van der Waals surface area contributed by atoms with E-state index in [9.17, 15) is 19.2 Å². The van der Waals surface area contributed by atoms with Gasteiger partial charge >= 0.3 is 18.0 Å². The number of amides is 2. The van der Waals surface area contributed by atoms with Gasteiger partial charge in [0, 0.05) is 12.1 Å². The molecule has 2 N–H and O–H groups in total. The number of ether oxygens (including phenoxy) is 3. The summed E-state index contributed by atoms with van der Waals surface area (Å²) in [6.07, 6.45) is -0.981. The van der Waals surface area contributed by atoms with Crippen LogP contribution in [0, 0.1) is 0 Å². The first-order chi connectivity index (χ1) is 16.6. The smallest absolute Gasteiger partial charge is 0.408 e. The maximum atomic E-state index is 12.7. The van der Waals surface area contributed by atoms with E-state index < -0.39 is 35.6 Å². The number of anilines is 1. The second-order valence-electron chi connectivity index (χ2n) is 8.72. The zero-order valence-electron chi connectivity index (χ0n) is 20.5. The van der Waals surface area contributed by atoms with Gasteiger partial charge in [0.05, 0.1) is 6.61 Å². The fourth-order valence-electron chi connectivity index (χ4n) is 2.98. The highest BCUT2D eigenvalue weighted by Gasteiger charge is 2.27. The molecule has 2 aromatic rings. The van der Waals surface area contributed by atoms with E-state index in [1.54, 1.807) is 52.0 Å². The number of rotatable bonds is 10. The number of hydrogen-bond donors (Lipinski definition) is 2. The lowest BCUT2D eigenvalue weighted by atomic mass is 10.0. The largest absolute Gasteiger partial charge is 0.466 e. The van der Waals surface area contributed by atoms with Crippen LogP contribution in [0.1, 0.15) is 45.2 Å². The van der Waals surface area contributed by atoms with E-state index in [-0.39, 0.29) is 26.1 Å². The molecule has 0 fully saturated rings. The number of carbonyl (C=O) groups excluding carboxylic acids is 4. The minimum atomic E-state index is -0.984. The van der Waals surface area contributed by atoms with Gasteiger partial charge in [0.25, 0.3) is 0 Å². The standard InChI is InChI=1S/C26H32N2O7/c1-5-33-23(30)16-22(29)27-20-13-11-18(12-14-20)15-21(24(31)35-26(2,3)4)28-25(32)34-17-19-9-7-6-8-10-19/h6-14,21H,5,15-17H2,1-4H3,(H,27,29)(H,28,32)/t21-/m0/s1. The van der Waals surface area contributed by atoms with Crippen LogP contribution in [0.3, 0.4) is 0 Å². The van der Waals surface area contributed by atoms with Gasteiger partial charge in [-0.15, -0.1) is 0 Å². The monoisotopic (exact) mass is 484 g/mol. The van der Waals surface area contributed by atoms with Gasteiger partial charge in [0.1, 0.15) is 24.7 Å². The summed E-state index contributed by atoms with van der Waals surface area (Å²) in [6.45, 7) is 7.15. The molecule has 0 aliphatic rings. The van der Waals surface area contributed by atoms with Crippen molar-refractivity contribution in [3.63, 3.8) is 0 Å². The SMILES string of the molecule is CCOC(=O)CC(=O)Nc1ccc(C[C@H](NC(=O)OCc2ccccc2)C(=O)OC(C)(C)C)cc1. The van der Waals surface area contributed by atoms with E-state index >= 15 is 0 Å². The predicted octanol–water partition coefficient (Wildman–Crippen LogP) is 3.76. The maximum absolute atomic E-state index is 12.7. The molecule has 0 heterocycles. The molecule has 35 heavy (non-hydrogen) atoms. The first kappa shape index (κ1) is 27.4. The summed E-state index contributed by atoms with van der Waals surface area (Å²) in [7, 11) is 0. The average molecular weight is 485 g/mol. The highest BCUT2D eigenvalue weighted by Crippen LogP contribution is 2.15. The molecule has 0 radical (unpaired) electrons. The summed E-state index contributed by atoms with van der Waals surface area (Å²) < 4.78 is 15.5. The normalized spacial score (nSPS) is 11.7. The van der Waals surface area contributed by atoms with Crippen LogP contribution in [0.5, 0.6) is 0 Å². The third-order valence-corrected chi connectivity index (χ3v) is 4.48. The van der Waals surface area contributed by atoms with Crippen molar-refractivity contribution in [3.05, 3.63) is 65.7 Å². The predicted molar refractivity (Wildman–Crippen MR) is 129 cm³/mol. The van der Waals surface area contributed by atoms with Crippen LogP contribution in [-0.4, -0.2) is 42.2 Å². The van der Waals surface area contributed by atoms with Gasteiger partial charge in [-0.1, -0.05) is 42.5 Å². The number of nitrogens with one attached hydrogen (secondary N) is 2. The Hall–Kier alpha value is -3.88. The van der Waals surface area contributed by atoms with Crippen LogP contribution >= 0.6 is 0 Å². The second kappa shape index (κ2) is 13.1. The summed E-state index contributed by atoms with van der Waals surface area (Å²) >= 11 is 0. The van der Waals surface area contributed by atoms with E-state index in [0.29, 0.717) is 11.3 Å². The summed E-state index contributed by atoms with van der Waals surface area (Å²) in [5.41, 5.74) is 1.27. The lowest BCUT2D eigenvalue weighted by molar-refractivity contribution is -0.157. The van der Waals surface area contributed by atoms with E-state index in [1.165, 1.54) is 0 Å². The van der Waals surface area contributed by atoms with Gasteiger partial charge in [0.2, 0.25) is 5.91 Å². The number of esters is 2. The number of carbonyl (C=O) groups is 4. The molecule has 9 nitrogen and oxygen atoms in total. The Labute approximate surface area is 205 Å². The summed E-state index contributed by atoms with van der Waals surface area (Å²) in [6, 6.07) is 14.9. The van der Waals surface area contributed by atoms with Crippen molar-refractivity contribution < 1.29 is 33.4 Å². The number of benzene rings is 2. The minimum Gasteiger partial charge on any atom is -0.466 e. The minimum absolute atomic E-state index is 0.0634. The number of hydrogen-bond acceptors (Lipinski definition) is 7. The number of alkyl carbamates (subject to hydrolysis) is 1. The van der Waals surface area contributed by atoms with Crippen LogP contribution in [0.25, 0.3) is 0 Å². The van der Waals surface area contributed by atoms with Gasteiger partial charge < -0.3 is 24.8 Å². The molecule has 0 aromatic heterocycles.